The second-order valence-corrected chi connectivity index (χ2v) is 8.04. The monoisotopic (exact) mass is 464 g/mol. The van der Waals surface area contributed by atoms with Gasteiger partial charge in [-0.25, -0.2) is 4.68 Å². The molecule has 10 heteroatoms. The average molecular weight is 465 g/mol. The number of aromatic nitrogens is 2. The van der Waals surface area contributed by atoms with E-state index in [4.69, 9.17) is 33.7 Å². The molecule has 2 aromatic rings. The number of aliphatic imine (C=N–C) groups is 1. The van der Waals surface area contributed by atoms with E-state index in [1.807, 2.05) is 30.0 Å². The van der Waals surface area contributed by atoms with E-state index >= 15 is 0 Å². The Morgan fingerprint density at radius 2 is 2.16 bits per heavy atom. The predicted octanol–water partition coefficient (Wildman–Crippen LogP) is 3.07. The fourth-order valence-corrected chi connectivity index (χ4v) is 3.79. The number of nitrogens with two attached hydrogens (primary N) is 1. The number of piperazine rings is 1. The van der Waals surface area contributed by atoms with E-state index in [1.54, 1.807) is 32.5 Å². The number of carbonyl (C=O) groups excluding carboxylic acids is 1. The second-order valence-electron chi connectivity index (χ2n) is 7.25. The summed E-state index contributed by atoms with van der Waals surface area (Å²) < 4.78 is 6.76. The van der Waals surface area contributed by atoms with Crippen LogP contribution < -0.4 is 15.4 Å². The zero-order valence-corrected chi connectivity index (χ0v) is 19.3. The van der Waals surface area contributed by atoms with Gasteiger partial charge >= 0.3 is 0 Å². The maximum atomic E-state index is 12.8. The molecule has 1 atom stereocenters. The second kappa shape index (κ2) is 10.1. The molecule has 1 fully saturated rings. The average Bonchev–Trinajstić information content (AvgIpc) is 3.31. The Kier molecular flexibility index (Phi) is 7.46. The molecule has 0 radical (unpaired) electrons. The van der Waals surface area contributed by atoms with Crippen molar-refractivity contribution in [1.29, 1.82) is 0 Å². The number of allylic oxidation sites excluding steroid dienone is 1. The lowest BCUT2D eigenvalue weighted by Crippen LogP contribution is -2.54. The van der Waals surface area contributed by atoms with Gasteiger partial charge in [0, 0.05) is 49.8 Å². The van der Waals surface area contributed by atoms with Gasteiger partial charge in [0.2, 0.25) is 5.91 Å². The van der Waals surface area contributed by atoms with Crippen LogP contribution in [-0.4, -0.2) is 65.6 Å². The highest BCUT2D eigenvalue weighted by Crippen LogP contribution is 2.30. The van der Waals surface area contributed by atoms with Crippen molar-refractivity contribution in [3.05, 3.63) is 46.7 Å². The number of anilines is 1. The lowest BCUT2D eigenvalue weighted by molar-refractivity contribution is -0.131. The van der Waals surface area contributed by atoms with Gasteiger partial charge in [0.1, 0.15) is 23.1 Å². The summed E-state index contributed by atoms with van der Waals surface area (Å²) in [6.07, 6.45) is 3.29. The zero-order valence-electron chi connectivity index (χ0n) is 17.8. The molecule has 0 saturated carbocycles. The van der Waals surface area contributed by atoms with Crippen molar-refractivity contribution in [1.82, 2.24) is 14.7 Å². The van der Waals surface area contributed by atoms with E-state index in [-0.39, 0.29) is 29.3 Å². The third kappa shape index (κ3) is 5.32. The third-order valence-electron chi connectivity index (χ3n) is 5.19. The minimum atomic E-state index is -0.0534. The molecule has 2 N–H and O–H groups in total. The highest BCUT2D eigenvalue weighted by Gasteiger charge is 2.27. The number of nitrogens with zero attached hydrogens (tertiary/aromatic N) is 5. The maximum Gasteiger partial charge on any atom is 0.244 e. The van der Waals surface area contributed by atoms with Crippen molar-refractivity contribution in [3.63, 3.8) is 0 Å². The lowest BCUT2D eigenvalue weighted by atomic mass is 10.1. The van der Waals surface area contributed by atoms with E-state index in [1.165, 1.54) is 4.68 Å². The number of ether oxygens (including phenoxy) is 1. The number of rotatable bonds is 6. The van der Waals surface area contributed by atoms with Gasteiger partial charge in [-0.3, -0.25) is 9.79 Å². The van der Waals surface area contributed by atoms with E-state index in [9.17, 15) is 4.79 Å². The van der Waals surface area contributed by atoms with Gasteiger partial charge in [0.15, 0.2) is 0 Å². The van der Waals surface area contributed by atoms with Crippen molar-refractivity contribution in [2.24, 2.45) is 10.7 Å². The van der Waals surface area contributed by atoms with Crippen LogP contribution >= 0.6 is 23.2 Å². The van der Waals surface area contributed by atoms with Crippen LogP contribution in [0.1, 0.15) is 13.8 Å². The molecule has 0 unspecified atom stereocenters. The highest BCUT2D eigenvalue weighted by molar-refractivity contribution is 6.45. The normalized spacial score (nSPS) is 18.1. The van der Waals surface area contributed by atoms with Crippen LogP contribution in [0.15, 0.2) is 46.7 Å². The SMILES string of the molecule is COc1cc(N2CCN(C(=O)CN=C(C)C(Cl)=C(N)n3cccn3)[C@@H](C)C2)ccc1Cl. The van der Waals surface area contributed by atoms with Crippen LogP contribution in [0, 0.1) is 0 Å². The van der Waals surface area contributed by atoms with Crippen LogP contribution in [0.3, 0.4) is 0 Å². The molecule has 0 aliphatic carbocycles. The molecule has 1 saturated heterocycles. The van der Waals surface area contributed by atoms with Gasteiger partial charge in [-0.05, 0) is 32.0 Å². The summed E-state index contributed by atoms with van der Waals surface area (Å²) >= 11 is 12.4. The van der Waals surface area contributed by atoms with Crippen molar-refractivity contribution in [2.75, 3.05) is 38.2 Å². The zero-order chi connectivity index (χ0) is 22.5. The molecule has 1 aliphatic heterocycles. The summed E-state index contributed by atoms with van der Waals surface area (Å²) in [5, 5.41) is 4.89. The standard InChI is InChI=1S/C21H26Cl2N6O2/c1-14-13-27(16-5-6-17(22)18(11-16)31-3)9-10-28(14)19(30)12-25-15(2)20(23)21(24)29-8-4-7-26-29/h4-8,11,14H,9-10,12-13,24H2,1-3H3/t14-/m0/s1. The summed E-state index contributed by atoms with van der Waals surface area (Å²) in [6, 6.07) is 7.47. The molecule has 0 bridgehead atoms. The molecule has 1 aliphatic rings. The van der Waals surface area contributed by atoms with Crippen molar-refractivity contribution >= 4 is 46.3 Å². The van der Waals surface area contributed by atoms with E-state index in [0.29, 0.717) is 36.1 Å². The number of hydrogen-bond acceptors (Lipinski definition) is 6. The first-order valence-electron chi connectivity index (χ1n) is 9.86. The molecular weight excluding hydrogens is 439 g/mol. The molecule has 1 amide bonds. The smallest absolute Gasteiger partial charge is 0.244 e. The first-order chi connectivity index (χ1) is 14.8. The molecule has 31 heavy (non-hydrogen) atoms. The lowest BCUT2D eigenvalue weighted by Gasteiger charge is -2.41. The third-order valence-corrected chi connectivity index (χ3v) is 5.97. The highest BCUT2D eigenvalue weighted by atomic mass is 35.5. The quantitative estimate of drug-likeness (QED) is 0.663. The minimum absolute atomic E-state index is 0.00749. The summed E-state index contributed by atoms with van der Waals surface area (Å²) in [6.45, 7) is 5.76. The Hall–Kier alpha value is -2.71. The van der Waals surface area contributed by atoms with Gasteiger partial charge in [-0.15, -0.1) is 0 Å². The molecule has 166 valence electrons. The Balaban J connectivity index is 1.62. The Bertz CT molecular complexity index is 990. The topological polar surface area (TPSA) is 89.0 Å². The van der Waals surface area contributed by atoms with Gasteiger partial charge in [0.05, 0.1) is 17.8 Å². The van der Waals surface area contributed by atoms with Crippen LogP contribution in [-0.2, 0) is 4.79 Å². The fourth-order valence-electron chi connectivity index (χ4n) is 3.45. The van der Waals surface area contributed by atoms with Crippen molar-refractivity contribution in [2.45, 2.75) is 19.9 Å². The van der Waals surface area contributed by atoms with Gasteiger partial charge in [-0.1, -0.05) is 23.2 Å². The van der Waals surface area contributed by atoms with E-state index in [2.05, 4.69) is 15.0 Å². The van der Waals surface area contributed by atoms with Crippen molar-refractivity contribution < 1.29 is 9.53 Å². The summed E-state index contributed by atoms with van der Waals surface area (Å²) in [4.78, 5) is 21.2. The Labute approximate surface area is 191 Å². The van der Waals surface area contributed by atoms with Crippen LogP contribution in [0.5, 0.6) is 5.75 Å². The predicted molar refractivity (Wildman–Crippen MR) is 125 cm³/mol. The maximum absolute atomic E-state index is 12.8. The van der Waals surface area contributed by atoms with Gasteiger partial charge in [-0.2, -0.15) is 5.10 Å². The first kappa shape index (κ1) is 23.0. The van der Waals surface area contributed by atoms with Crippen molar-refractivity contribution in [3.8, 4) is 5.75 Å². The van der Waals surface area contributed by atoms with Gasteiger partial charge < -0.3 is 20.3 Å². The molecule has 2 heterocycles. The summed E-state index contributed by atoms with van der Waals surface area (Å²) in [5.41, 5.74) is 7.51. The van der Waals surface area contributed by atoms with Crippen LogP contribution in [0.25, 0.3) is 5.82 Å². The number of benzene rings is 1. The number of carbonyl (C=O) groups is 1. The summed E-state index contributed by atoms with van der Waals surface area (Å²) in [7, 11) is 1.59. The molecule has 3 rings (SSSR count). The Morgan fingerprint density at radius 3 is 2.81 bits per heavy atom. The molecule has 0 spiro atoms. The molecule has 8 nitrogen and oxygen atoms in total. The number of halogens is 2. The molecular formula is C21H26Cl2N6O2. The number of methoxy groups -OCH3 is 1. The van der Waals surface area contributed by atoms with Crippen LogP contribution in [0.2, 0.25) is 5.02 Å². The number of amides is 1. The van der Waals surface area contributed by atoms with Gasteiger partial charge in [0.25, 0.3) is 0 Å². The van der Waals surface area contributed by atoms with E-state index < -0.39 is 0 Å². The summed E-state index contributed by atoms with van der Waals surface area (Å²) in [5.74, 6) is 0.845. The molecule has 1 aromatic carbocycles. The largest absolute Gasteiger partial charge is 0.495 e. The fraction of sp³-hybridized carbons (Fsp3) is 0.381. The molecule has 1 aromatic heterocycles. The minimum Gasteiger partial charge on any atom is -0.495 e. The van der Waals surface area contributed by atoms with Crippen LogP contribution in [0.4, 0.5) is 5.69 Å². The Morgan fingerprint density at radius 1 is 1.39 bits per heavy atom. The first-order valence-corrected chi connectivity index (χ1v) is 10.6. The number of hydrogen-bond donors (Lipinski definition) is 1. The van der Waals surface area contributed by atoms with E-state index in [0.717, 1.165) is 5.69 Å².